The average Bonchev–Trinajstić information content (AvgIpc) is 2.84. The van der Waals surface area contributed by atoms with Crippen LogP contribution < -0.4 is 5.32 Å². The van der Waals surface area contributed by atoms with Gasteiger partial charge in [-0.1, -0.05) is 19.4 Å². The first-order chi connectivity index (χ1) is 11.4. The number of hydrogen-bond acceptors (Lipinski definition) is 5. The van der Waals surface area contributed by atoms with Crippen molar-refractivity contribution in [3.8, 4) is 0 Å². The summed E-state index contributed by atoms with van der Waals surface area (Å²) in [5, 5.41) is 2.85. The molecule has 0 saturated carbocycles. The van der Waals surface area contributed by atoms with Gasteiger partial charge in [0, 0.05) is 20.1 Å². The van der Waals surface area contributed by atoms with Gasteiger partial charge in [0.25, 0.3) is 5.91 Å². The Morgan fingerprint density at radius 2 is 1.92 bits per heavy atom. The molecule has 0 fully saturated rings. The number of carbonyl (C=O) groups is 3. The second-order valence-electron chi connectivity index (χ2n) is 7.48. The molecule has 1 rings (SSSR count). The number of imide groups is 1. The van der Waals surface area contributed by atoms with E-state index in [1.54, 1.807) is 34.0 Å². The van der Waals surface area contributed by atoms with Crippen molar-refractivity contribution in [2.45, 2.75) is 77.7 Å². The Balaban J connectivity index is 3.22. The van der Waals surface area contributed by atoms with Crippen LogP contribution in [0.25, 0.3) is 0 Å². The van der Waals surface area contributed by atoms with E-state index in [1.165, 1.54) is 13.0 Å². The number of ether oxygens (including phenoxy) is 2. The fraction of sp³-hybridized carbons (Fsp3) is 0.722. The summed E-state index contributed by atoms with van der Waals surface area (Å²) in [6.45, 7) is 10.5. The van der Waals surface area contributed by atoms with Gasteiger partial charge in [-0.15, -0.1) is 0 Å². The molecule has 0 aromatic carbocycles. The summed E-state index contributed by atoms with van der Waals surface area (Å²) < 4.78 is 11.0. The van der Waals surface area contributed by atoms with Gasteiger partial charge in [0.2, 0.25) is 5.91 Å². The van der Waals surface area contributed by atoms with Crippen LogP contribution in [0.15, 0.2) is 12.2 Å². The van der Waals surface area contributed by atoms with Gasteiger partial charge in [-0.05, 0) is 34.1 Å². The highest BCUT2D eigenvalue weighted by Crippen LogP contribution is 2.30. The smallest absolute Gasteiger partial charge is 0.417 e. The minimum atomic E-state index is -0.750. The maximum Gasteiger partial charge on any atom is 0.417 e. The summed E-state index contributed by atoms with van der Waals surface area (Å²) in [6.07, 6.45) is 3.66. The van der Waals surface area contributed by atoms with E-state index in [4.69, 9.17) is 9.47 Å². The fourth-order valence-corrected chi connectivity index (χ4v) is 2.98. The number of hydrogen-bond donors (Lipinski definition) is 1. The molecular weight excluding hydrogens is 324 g/mol. The molecule has 142 valence electrons. The van der Waals surface area contributed by atoms with Crippen molar-refractivity contribution in [2.24, 2.45) is 0 Å². The van der Waals surface area contributed by atoms with E-state index in [0.717, 1.165) is 11.3 Å². The fourth-order valence-electron chi connectivity index (χ4n) is 2.98. The monoisotopic (exact) mass is 354 g/mol. The van der Waals surface area contributed by atoms with Crippen molar-refractivity contribution < 1.29 is 23.9 Å². The molecule has 1 N–H and O–H groups in total. The first-order valence-corrected chi connectivity index (χ1v) is 8.52. The van der Waals surface area contributed by atoms with Crippen LogP contribution in [0.1, 0.15) is 54.4 Å². The van der Waals surface area contributed by atoms with Crippen LogP contribution in [-0.4, -0.2) is 53.2 Å². The van der Waals surface area contributed by atoms with Gasteiger partial charge in [-0.2, -0.15) is 0 Å². The molecule has 0 aliphatic carbocycles. The summed E-state index contributed by atoms with van der Waals surface area (Å²) in [5.74, 6) is -0.731. The number of amides is 3. The molecule has 0 radical (unpaired) electrons. The van der Waals surface area contributed by atoms with Crippen molar-refractivity contribution >= 4 is 17.9 Å². The average molecular weight is 354 g/mol. The van der Waals surface area contributed by atoms with E-state index in [2.05, 4.69) is 5.32 Å². The zero-order chi connectivity index (χ0) is 19.4. The van der Waals surface area contributed by atoms with Crippen molar-refractivity contribution in [3.05, 3.63) is 12.2 Å². The molecule has 0 bridgehead atoms. The van der Waals surface area contributed by atoms with Crippen molar-refractivity contribution in [2.75, 3.05) is 7.11 Å². The van der Waals surface area contributed by atoms with Crippen LogP contribution in [0.5, 0.6) is 0 Å². The van der Waals surface area contributed by atoms with Gasteiger partial charge in [-0.3, -0.25) is 9.59 Å². The Morgan fingerprint density at radius 3 is 2.36 bits per heavy atom. The molecule has 3 amide bonds. The maximum absolute atomic E-state index is 12.5. The molecule has 7 nitrogen and oxygen atoms in total. The van der Waals surface area contributed by atoms with E-state index in [1.807, 2.05) is 13.8 Å². The van der Waals surface area contributed by atoms with Crippen molar-refractivity contribution in [3.63, 3.8) is 0 Å². The van der Waals surface area contributed by atoms with Gasteiger partial charge in [0.15, 0.2) is 0 Å². The van der Waals surface area contributed by atoms with Gasteiger partial charge in [-0.25, -0.2) is 9.69 Å². The third kappa shape index (κ3) is 5.29. The molecule has 0 aromatic rings. The summed E-state index contributed by atoms with van der Waals surface area (Å²) in [4.78, 5) is 37.6. The molecular formula is C18H30N2O5. The Labute approximate surface area is 149 Å². The number of methoxy groups -OCH3 is 1. The van der Waals surface area contributed by atoms with Gasteiger partial charge >= 0.3 is 6.09 Å². The minimum Gasteiger partial charge on any atom is -0.443 e. The molecule has 1 aliphatic heterocycles. The van der Waals surface area contributed by atoms with Crippen LogP contribution >= 0.6 is 0 Å². The first kappa shape index (κ1) is 21.2. The minimum absolute atomic E-state index is 0.263. The number of carbonyl (C=O) groups excluding carboxylic acids is 3. The first-order valence-electron chi connectivity index (χ1n) is 8.52. The third-order valence-electron chi connectivity index (χ3n) is 4.13. The molecule has 3 atom stereocenters. The maximum atomic E-state index is 12.5. The SMILES string of the molecule is CCC[C@](C)(OC)[C@H](NC(C)=O)[C@H]1C=CC(=O)N1C(=O)OC(C)(C)C. The lowest BCUT2D eigenvalue weighted by molar-refractivity contribution is -0.131. The second-order valence-corrected chi connectivity index (χ2v) is 7.48. The largest absolute Gasteiger partial charge is 0.443 e. The van der Waals surface area contributed by atoms with Gasteiger partial charge in [0.05, 0.1) is 17.7 Å². The summed E-state index contributed by atoms with van der Waals surface area (Å²) in [6, 6.07) is -1.27. The van der Waals surface area contributed by atoms with Gasteiger partial charge < -0.3 is 14.8 Å². The molecule has 0 spiro atoms. The highest BCUT2D eigenvalue weighted by Gasteiger charge is 2.47. The third-order valence-corrected chi connectivity index (χ3v) is 4.13. The summed E-state index contributed by atoms with van der Waals surface area (Å²) in [7, 11) is 1.56. The van der Waals surface area contributed by atoms with Crippen LogP contribution in [0.4, 0.5) is 4.79 Å². The topological polar surface area (TPSA) is 84.9 Å². The quantitative estimate of drug-likeness (QED) is 0.792. The van der Waals surface area contributed by atoms with Crippen molar-refractivity contribution in [1.82, 2.24) is 10.2 Å². The zero-order valence-corrected chi connectivity index (χ0v) is 16.2. The normalized spacial score (nSPS) is 21.0. The second kappa shape index (κ2) is 7.99. The van der Waals surface area contributed by atoms with E-state index in [9.17, 15) is 14.4 Å². The van der Waals surface area contributed by atoms with Crippen LogP contribution in [0, 0.1) is 0 Å². The summed E-state index contributed by atoms with van der Waals surface area (Å²) >= 11 is 0. The van der Waals surface area contributed by atoms with Crippen molar-refractivity contribution in [1.29, 1.82) is 0 Å². The van der Waals surface area contributed by atoms with E-state index < -0.39 is 35.3 Å². The van der Waals surface area contributed by atoms with Crippen LogP contribution in [0.3, 0.4) is 0 Å². The number of nitrogens with one attached hydrogen (secondary N) is 1. The zero-order valence-electron chi connectivity index (χ0n) is 16.2. The molecule has 25 heavy (non-hydrogen) atoms. The predicted molar refractivity (Wildman–Crippen MR) is 93.9 cm³/mol. The predicted octanol–water partition coefficient (Wildman–Crippen LogP) is 2.40. The molecule has 0 saturated heterocycles. The number of rotatable bonds is 6. The Bertz CT molecular complexity index is 552. The highest BCUT2D eigenvalue weighted by molar-refractivity contribution is 6.01. The lowest BCUT2D eigenvalue weighted by atomic mass is 9.85. The molecule has 7 heteroatoms. The Morgan fingerprint density at radius 1 is 1.32 bits per heavy atom. The Kier molecular flexibility index (Phi) is 6.76. The standard InChI is InChI=1S/C18H30N2O5/c1-8-11-18(6,24-7)15(19-12(2)21)13-9-10-14(22)20(13)16(23)25-17(3,4)5/h9-10,13,15H,8,11H2,1-7H3,(H,19,21)/t13-,15-,18+/m1/s1. The molecule has 1 aliphatic rings. The van der Waals surface area contributed by atoms with E-state index >= 15 is 0 Å². The summed E-state index contributed by atoms with van der Waals surface area (Å²) in [5.41, 5.74) is -1.48. The Hall–Kier alpha value is -1.89. The number of nitrogens with zero attached hydrogens (tertiary/aromatic N) is 1. The molecule has 0 unspecified atom stereocenters. The van der Waals surface area contributed by atoms with Gasteiger partial charge in [0.1, 0.15) is 5.60 Å². The molecule has 1 heterocycles. The lowest BCUT2D eigenvalue weighted by Gasteiger charge is -2.42. The van der Waals surface area contributed by atoms with Crippen LogP contribution in [0.2, 0.25) is 0 Å². The van der Waals surface area contributed by atoms with E-state index in [-0.39, 0.29) is 5.91 Å². The molecule has 0 aromatic heterocycles. The van der Waals surface area contributed by atoms with Crippen LogP contribution in [-0.2, 0) is 19.1 Å². The highest BCUT2D eigenvalue weighted by atomic mass is 16.6. The lowest BCUT2D eigenvalue weighted by Crippen LogP contribution is -2.62. The van der Waals surface area contributed by atoms with E-state index in [0.29, 0.717) is 6.42 Å².